The second-order valence-electron chi connectivity index (χ2n) is 9.15. The predicted octanol–water partition coefficient (Wildman–Crippen LogP) is 3.55. The van der Waals surface area contributed by atoms with Gasteiger partial charge in [0, 0.05) is 39.3 Å². The summed E-state index contributed by atoms with van der Waals surface area (Å²) in [5.74, 6) is 0.553. The molecule has 1 aromatic carbocycles. The monoisotopic (exact) mass is 479 g/mol. The van der Waals surface area contributed by atoms with Gasteiger partial charge in [0.25, 0.3) is 5.56 Å². The lowest BCUT2D eigenvalue weighted by Crippen LogP contribution is -2.26. The van der Waals surface area contributed by atoms with Gasteiger partial charge in [-0.15, -0.1) is 0 Å². The van der Waals surface area contributed by atoms with Crippen molar-refractivity contribution in [3.63, 3.8) is 0 Å². The van der Waals surface area contributed by atoms with Crippen LogP contribution in [0.2, 0.25) is 0 Å². The average molecular weight is 480 g/mol. The van der Waals surface area contributed by atoms with Crippen LogP contribution in [0.25, 0.3) is 11.0 Å². The van der Waals surface area contributed by atoms with Gasteiger partial charge in [-0.1, -0.05) is 6.08 Å². The number of hydrogen-bond donors (Lipinski definition) is 1. The van der Waals surface area contributed by atoms with E-state index in [4.69, 9.17) is 0 Å². The summed E-state index contributed by atoms with van der Waals surface area (Å²) in [5.41, 5.74) is 1.30. The van der Waals surface area contributed by atoms with Crippen LogP contribution in [0, 0.1) is 11.7 Å². The van der Waals surface area contributed by atoms with Crippen LogP contribution in [0.1, 0.15) is 37.9 Å². The highest BCUT2D eigenvalue weighted by Gasteiger charge is 2.24. The number of hydrogen-bond acceptors (Lipinski definition) is 4. The molecular weight excluding hydrogens is 449 g/mol. The number of halogens is 1. The summed E-state index contributed by atoms with van der Waals surface area (Å²) in [6.45, 7) is 1.01. The third-order valence-corrected chi connectivity index (χ3v) is 6.01. The maximum Gasteiger partial charge on any atom is 0.274 e. The lowest BCUT2D eigenvalue weighted by molar-refractivity contribution is -0.123. The van der Waals surface area contributed by atoms with E-state index < -0.39 is 0 Å². The molecule has 2 heterocycles. The minimum atomic E-state index is -0.346. The van der Waals surface area contributed by atoms with Gasteiger partial charge < -0.3 is 19.4 Å². The molecule has 0 radical (unpaired) electrons. The van der Waals surface area contributed by atoms with Gasteiger partial charge in [-0.05, 0) is 61.9 Å². The fourth-order valence-electron chi connectivity index (χ4n) is 3.87. The van der Waals surface area contributed by atoms with E-state index in [2.05, 4.69) is 14.9 Å². The van der Waals surface area contributed by atoms with Crippen molar-refractivity contribution >= 4 is 28.5 Å². The van der Waals surface area contributed by atoms with Crippen molar-refractivity contribution in [2.24, 2.45) is 5.92 Å². The average Bonchev–Trinajstić information content (AvgIpc) is 3.58. The highest BCUT2D eigenvalue weighted by Crippen LogP contribution is 2.32. The number of carbonyl (C=O) groups excluding carboxylic acids is 2. The number of unbranched alkanes of at least 4 members (excludes halogenated alkanes) is 1. The van der Waals surface area contributed by atoms with E-state index in [9.17, 15) is 18.8 Å². The van der Waals surface area contributed by atoms with Gasteiger partial charge in [0.2, 0.25) is 11.8 Å². The minimum Gasteiger partial charge on any atom is -0.345 e. The molecule has 3 aromatic rings. The highest BCUT2D eigenvalue weighted by molar-refractivity contribution is 5.90. The van der Waals surface area contributed by atoms with E-state index in [1.165, 1.54) is 27.7 Å². The van der Waals surface area contributed by atoms with Gasteiger partial charge in [0.15, 0.2) is 0 Å². The fraction of sp³-hybridized carbons (Fsp3) is 0.385. The summed E-state index contributed by atoms with van der Waals surface area (Å²) >= 11 is 0. The second-order valence-corrected chi connectivity index (χ2v) is 9.15. The molecule has 2 amide bonds. The van der Waals surface area contributed by atoms with Crippen LogP contribution in [-0.4, -0.2) is 44.9 Å². The molecule has 1 aliphatic carbocycles. The lowest BCUT2D eigenvalue weighted by atomic mass is 10.2. The van der Waals surface area contributed by atoms with Gasteiger partial charge in [0.1, 0.15) is 17.3 Å². The first-order valence-electron chi connectivity index (χ1n) is 11.8. The Bertz CT molecular complexity index is 1320. The van der Waals surface area contributed by atoms with Gasteiger partial charge in [-0.3, -0.25) is 14.4 Å². The number of nitrogens with zero attached hydrogens (tertiary/aromatic N) is 4. The molecular formula is C26H30FN5O3. The van der Waals surface area contributed by atoms with E-state index in [0.717, 1.165) is 24.9 Å². The molecule has 0 atom stereocenters. The van der Waals surface area contributed by atoms with Crippen molar-refractivity contribution in [1.82, 2.24) is 19.0 Å². The number of aromatic nitrogens is 3. The molecule has 2 aromatic heterocycles. The Balaban J connectivity index is 1.43. The lowest BCUT2D eigenvalue weighted by Gasteiger charge is -2.12. The molecule has 8 nitrogen and oxygen atoms in total. The normalized spacial score (nSPS) is 13.5. The van der Waals surface area contributed by atoms with E-state index in [1.54, 1.807) is 44.6 Å². The molecule has 1 saturated carbocycles. The second kappa shape index (κ2) is 10.7. The first-order valence-corrected chi connectivity index (χ1v) is 11.8. The first kappa shape index (κ1) is 24.4. The quantitative estimate of drug-likeness (QED) is 0.356. The number of likely N-dealkylation sites (N-methyl/N-ethyl adjacent to an activating group) is 1. The van der Waals surface area contributed by atoms with Crippen LogP contribution in [0.4, 0.5) is 10.1 Å². The Labute approximate surface area is 203 Å². The number of benzene rings is 1. The zero-order valence-electron chi connectivity index (χ0n) is 20.0. The van der Waals surface area contributed by atoms with Crippen molar-refractivity contribution in [3.05, 3.63) is 70.7 Å². The van der Waals surface area contributed by atoms with Gasteiger partial charge in [0.05, 0.1) is 17.6 Å². The van der Waals surface area contributed by atoms with Crippen molar-refractivity contribution in [1.29, 1.82) is 0 Å². The number of amides is 2. The van der Waals surface area contributed by atoms with Crippen molar-refractivity contribution < 1.29 is 14.0 Å². The number of allylic oxidation sites excluding steroid dienone is 1. The molecule has 0 saturated heterocycles. The molecule has 1 N–H and O–H groups in total. The number of nitrogens with one attached hydrogen (secondary N) is 1. The zero-order valence-corrected chi connectivity index (χ0v) is 20.0. The van der Waals surface area contributed by atoms with Crippen LogP contribution in [0.15, 0.2) is 53.5 Å². The fourth-order valence-corrected chi connectivity index (χ4v) is 3.87. The van der Waals surface area contributed by atoms with E-state index >= 15 is 0 Å². The Morgan fingerprint density at radius 2 is 2.06 bits per heavy atom. The molecule has 35 heavy (non-hydrogen) atoms. The molecule has 9 heteroatoms. The smallest absolute Gasteiger partial charge is 0.274 e. The summed E-state index contributed by atoms with van der Waals surface area (Å²) in [6.07, 6.45) is 8.58. The number of anilines is 1. The maximum absolute atomic E-state index is 13.8. The molecule has 0 aliphatic heterocycles. The largest absolute Gasteiger partial charge is 0.345 e. The summed E-state index contributed by atoms with van der Waals surface area (Å²) < 4.78 is 17.3. The van der Waals surface area contributed by atoms with Gasteiger partial charge >= 0.3 is 0 Å². The summed E-state index contributed by atoms with van der Waals surface area (Å²) in [7, 11) is 3.35. The van der Waals surface area contributed by atoms with E-state index in [1.807, 2.05) is 0 Å². The Morgan fingerprint density at radius 1 is 1.26 bits per heavy atom. The number of fused-ring (bicyclic) bond motifs is 1. The predicted molar refractivity (Wildman–Crippen MR) is 133 cm³/mol. The van der Waals surface area contributed by atoms with E-state index in [0.29, 0.717) is 30.1 Å². The summed E-state index contributed by atoms with van der Waals surface area (Å²) in [5, 5.41) is 2.70. The number of rotatable bonds is 10. The molecule has 0 bridgehead atoms. The van der Waals surface area contributed by atoms with Crippen LogP contribution in [0.3, 0.4) is 0 Å². The third-order valence-electron chi connectivity index (χ3n) is 6.01. The van der Waals surface area contributed by atoms with Crippen LogP contribution in [0.5, 0.6) is 0 Å². The van der Waals surface area contributed by atoms with Gasteiger partial charge in [-0.25, -0.2) is 9.37 Å². The minimum absolute atomic E-state index is 0.102. The van der Waals surface area contributed by atoms with Crippen molar-refractivity contribution in [2.45, 2.75) is 45.2 Å². The molecule has 4 rings (SSSR count). The standard InChI is InChI=1S/C26H30FN5O3/c1-30(2)25(34)9-5-3-4-8-24(33)29-20-7-6-14-31(26(20)35)17-23-28-21-15-19(27)12-13-22(21)32(23)16-18-10-11-18/h5-7,9,12-15,18H,3-4,8,10-11,16-17H2,1-2H3,(H,29,33)/b9-5+. The number of pyridine rings is 1. The molecule has 0 spiro atoms. The van der Waals surface area contributed by atoms with Gasteiger partial charge in [-0.2, -0.15) is 0 Å². The van der Waals surface area contributed by atoms with Crippen LogP contribution < -0.4 is 10.9 Å². The highest BCUT2D eigenvalue weighted by atomic mass is 19.1. The van der Waals surface area contributed by atoms with Crippen molar-refractivity contribution in [3.8, 4) is 0 Å². The molecule has 0 unspecified atom stereocenters. The topological polar surface area (TPSA) is 89.2 Å². The van der Waals surface area contributed by atoms with E-state index in [-0.39, 0.29) is 41.8 Å². The maximum atomic E-state index is 13.8. The Morgan fingerprint density at radius 3 is 2.80 bits per heavy atom. The summed E-state index contributed by atoms with van der Waals surface area (Å²) in [4.78, 5) is 43.0. The molecule has 184 valence electrons. The molecule has 1 fully saturated rings. The number of carbonyl (C=O) groups is 2. The summed E-state index contributed by atoms with van der Waals surface area (Å²) in [6, 6.07) is 7.85. The van der Waals surface area contributed by atoms with Crippen LogP contribution in [-0.2, 0) is 22.7 Å². The number of imidazole rings is 1. The van der Waals surface area contributed by atoms with Crippen LogP contribution >= 0.6 is 0 Å². The first-order chi connectivity index (χ1) is 16.8. The zero-order chi connectivity index (χ0) is 24.9. The Hall–Kier alpha value is -3.75. The molecule has 1 aliphatic rings. The third kappa shape index (κ3) is 6.23. The van der Waals surface area contributed by atoms with Crippen molar-refractivity contribution in [2.75, 3.05) is 19.4 Å². The SMILES string of the molecule is CN(C)C(=O)/C=C/CCCC(=O)Nc1cccn(Cc2nc3cc(F)ccc3n2CC2CC2)c1=O. The Kier molecular flexibility index (Phi) is 7.43.